The molecular formula is C11H14ClFO. The van der Waals surface area contributed by atoms with Crippen LogP contribution in [0.5, 0.6) is 0 Å². The number of rotatable bonds is 4. The number of aliphatic hydroxyl groups excluding tert-OH is 1. The summed E-state index contributed by atoms with van der Waals surface area (Å²) in [6.07, 6.45) is 1.53. The van der Waals surface area contributed by atoms with E-state index in [9.17, 15) is 4.39 Å². The van der Waals surface area contributed by atoms with Gasteiger partial charge in [-0.25, -0.2) is 4.39 Å². The predicted octanol–water partition coefficient (Wildman–Crippen LogP) is 3.04. The van der Waals surface area contributed by atoms with E-state index in [0.29, 0.717) is 11.4 Å². The van der Waals surface area contributed by atoms with Gasteiger partial charge in [-0.15, -0.1) is 0 Å². The summed E-state index contributed by atoms with van der Waals surface area (Å²) in [5, 5.41) is 9.42. The molecule has 1 nitrogen and oxygen atoms in total. The molecule has 0 saturated heterocycles. The fourth-order valence-corrected chi connectivity index (χ4v) is 1.44. The molecule has 0 spiro atoms. The molecule has 0 aliphatic rings. The summed E-state index contributed by atoms with van der Waals surface area (Å²) < 4.78 is 12.8. The summed E-state index contributed by atoms with van der Waals surface area (Å²) in [5.41, 5.74) is 0.812. The molecule has 0 aliphatic heterocycles. The predicted molar refractivity (Wildman–Crippen MR) is 56.0 cm³/mol. The van der Waals surface area contributed by atoms with Crippen molar-refractivity contribution in [2.45, 2.75) is 19.8 Å². The maximum atomic E-state index is 12.8. The van der Waals surface area contributed by atoms with Crippen LogP contribution in [-0.2, 0) is 6.42 Å². The Labute approximate surface area is 88.5 Å². The summed E-state index contributed by atoms with van der Waals surface area (Å²) in [6.45, 7) is 2.11. The second kappa shape index (κ2) is 5.32. The van der Waals surface area contributed by atoms with Crippen LogP contribution in [0.4, 0.5) is 4.39 Å². The number of hydrogen-bond donors (Lipinski definition) is 1. The van der Waals surface area contributed by atoms with Gasteiger partial charge in [-0.1, -0.05) is 18.5 Å². The van der Waals surface area contributed by atoms with E-state index in [1.54, 1.807) is 6.07 Å². The monoisotopic (exact) mass is 216 g/mol. The van der Waals surface area contributed by atoms with Gasteiger partial charge in [0.2, 0.25) is 0 Å². The van der Waals surface area contributed by atoms with Crippen LogP contribution in [0.2, 0.25) is 5.02 Å². The molecule has 0 heterocycles. The van der Waals surface area contributed by atoms with Gasteiger partial charge in [0.15, 0.2) is 0 Å². The lowest BCUT2D eigenvalue weighted by molar-refractivity contribution is 0.230. The van der Waals surface area contributed by atoms with Crippen LogP contribution in [0.3, 0.4) is 0 Å². The van der Waals surface area contributed by atoms with Crippen LogP contribution < -0.4 is 0 Å². The summed E-state index contributed by atoms with van der Waals surface area (Å²) in [5.74, 6) is -0.0321. The first-order valence-corrected chi connectivity index (χ1v) is 5.06. The Balaban J connectivity index is 2.62. The molecule has 1 N–H and O–H groups in total. The maximum absolute atomic E-state index is 12.8. The Morgan fingerprint density at radius 1 is 1.50 bits per heavy atom. The molecule has 1 aromatic carbocycles. The van der Waals surface area contributed by atoms with E-state index >= 15 is 0 Å². The molecule has 78 valence electrons. The first kappa shape index (κ1) is 11.5. The minimum absolute atomic E-state index is 0.160. The van der Waals surface area contributed by atoms with Gasteiger partial charge in [-0.3, -0.25) is 0 Å². The average molecular weight is 217 g/mol. The number of aryl methyl sites for hydroxylation is 1. The van der Waals surface area contributed by atoms with Crippen LogP contribution in [0.15, 0.2) is 18.2 Å². The number of benzene rings is 1. The van der Waals surface area contributed by atoms with Gasteiger partial charge >= 0.3 is 0 Å². The highest BCUT2D eigenvalue weighted by atomic mass is 35.5. The summed E-state index contributed by atoms with van der Waals surface area (Å²) >= 11 is 5.89. The number of hydrogen-bond acceptors (Lipinski definition) is 1. The molecule has 0 saturated carbocycles. The molecule has 0 amide bonds. The van der Waals surface area contributed by atoms with E-state index in [0.717, 1.165) is 12.0 Å². The molecule has 3 heteroatoms. The van der Waals surface area contributed by atoms with E-state index in [-0.39, 0.29) is 18.3 Å². The topological polar surface area (TPSA) is 20.2 Å². The lowest BCUT2D eigenvalue weighted by Crippen LogP contribution is -2.02. The Morgan fingerprint density at radius 2 is 2.21 bits per heavy atom. The minimum Gasteiger partial charge on any atom is -0.396 e. The molecule has 0 aromatic heterocycles. The third-order valence-corrected chi connectivity index (χ3v) is 2.59. The largest absolute Gasteiger partial charge is 0.396 e. The van der Waals surface area contributed by atoms with Gasteiger partial charge in [0.1, 0.15) is 5.82 Å². The van der Waals surface area contributed by atoms with Gasteiger partial charge in [-0.05, 0) is 42.5 Å². The van der Waals surface area contributed by atoms with Crippen LogP contribution in [0, 0.1) is 11.7 Å². The molecule has 1 aromatic rings. The minimum atomic E-state index is -0.263. The molecule has 1 atom stereocenters. The molecule has 0 fully saturated rings. The van der Waals surface area contributed by atoms with Crippen LogP contribution >= 0.6 is 11.6 Å². The second-order valence-electron chi connectivity index (χ2n) is 3.56. The van der Waals surface area contributed by atoms with Crippen molar-refractivity contribution in [3.05, 3.63) is 34.6 Å². The molecule has 1 unspecified atom stereocenters. The lowest BCUT2D eigenvalue weighted by atomic mass is 10.0. The van der Waals surface area contributed by atoms with Crippen LogP contribution in [0.25, 0.3) is 0 Å². The lowest BCUT2D eigenvalue weighted by Gasteiger charge is -2.08. The van der Waals surface area contributed by atoms with Crippen molar-refractivity contribution in [3.63, 3.8) is 0 Å². The van der Waals surface area contributed by atoms with E-state index in [1.807, 2.05) is 6.92 Å². The van der Waals surface area contributed by atoms with Crippen LogP contribution in [-0.4, -0.2) is 11.7 Å². The highest BCUT2D eigenvalue weighted by Gasteiger charge is 2.05. The first-order valence-electron chi connectivity index (χ1n) is 4.68. The quantitative estimate of drug-likeness (QED) is 0.820. The van der Waals surface area contributed by atoms with Gasteiger partial charge in [0.05, 0.1) is 0 Å². The molecule has 0 aliphatic carbocycles. The van der Waals surface area contributed by atoms with E-state index < -0.39 is 0 Å². The van der Waals surface area contributed by atoms with Gasteiger partial charge < -0.3 is 5.11 Å². The van der Waals surface area contributed by atoms with Crippen molar-refractivity contribution in [3.8, 4) is 0 Å². The van der Waals surface area contributed by atoms with Crippen molar-refractivity contribution in [1.82, 2.24) is 0 Å². The van der Waals surface area contributed by atoms with Crippen molar-refractivity contribution in [2.75, 3.05) is 6.61 Å². The molecule has 0 radical (unpaired) electrons. The Hall–Kier alpha value is -0.600. The number of halogens is 2. The Kier molecular flexibility index (Phi) is 4.36. The van der Waals surface area contributed by atoms with Gasteiger partial charge in [-0.2, -0.15) is 0 Å². The number of aliphatic hydroxyl groups is 1. The zero-order valence-electron chi connectivity index (χ0n) is 8.13. The smallest absolute Gasteiger partial charge is 0.123 e. The highest BCUT2D eigenvalue weighted by Crippen LogP contribution is 2.20. The Bertz CT molecular complexity index is 301. The summed E-state index contributed by atoms with van der Waals surface area (Å²) in [6, 6.07) is 4.36. The van der Waals surface area contributed by atoms with Gasteiger partial charge in [0.25, 0.3) is 0 Å². The van der Waals surface area contributed by atoms with E-state index in [1.165, 1.54) is 12.1 Å². The fourth-order valence-electron chi connectivity index (χ4n) is 1.23. The standard InChI is InChI=1S/C11H14ClFO/c1-8(7-14)2-3-9-6-10(13)4-5-11(9)12/h4-6,8,14H,2-3,7H2,1H3. The van der Waals surface area contributed by atoms with Crippen molar-refractivity contribution in [2.24, 2.45) is 5.92 Å². The van der Waals surface area contributed by atoms with Crippen molar-refractivity contribution in [1.29, 1.82) is 0 Å². The SMILES string of the molecule is CC(CO)CCc1cc(F)ccc1Cl. The Morgan fingerprint density at radius 3 is 2.86 bits per heavy atom. The summed E-state index contributed by atoms with van der Waals surface area (Å²) in [7, 11) is 0. The summed E-state index contributed by atoms with van der Waals surface area (Å²) in [4.78, 5) is 0. The maximum Gasteiger partial charge on any atom is 0.123 e. The zero-order chi connectivity index (χ0) is 10.6. The van der Waals surface area contributed by atoms with Gasteiger partial charge in [0, 0.05) is 11.6 Å². The normalized spacial score (nSPS) is 12.9. The van der Waals surface area contributed by atoms with Crippen molar-refractivity contribution < 1.29 is 9.50 Å². The fraction of sp³-hybridized carbons (Fsp3) is 0.455. The molecule has 1 rings (SSSR count). The third-order valence-electron chi connectivity index (χ3n) is 2.23. The van der Waals surface area contributed by atoms with E-state index in [4.69, 9.17) is 16.7 Å². The van der Waals surface area contributed by atoms with Crippen LogP contribution in [0.1, 0.15) is 18.9 Å². The second-order valence-corrected chi connectivity index (χ2v) is 3.97. The molecule has 0 bridgehead atoms. The zero-order valence-corrected chi connectivity index (χ0v) is 8.89. The molecular weight excluding hydrogens is 203 g/mol. The first-order chi connectivity index (χ1) is 6.63. The third kappa shape index (κ3) is 3.28. The van der Waals surface area contributed by atoms with Crippen molar-refractivity contribution >= 4 is 11.6 Å². The van der Waals surface area contributed by atoms with E-state index in [2.05, 4.69) is 0 Å². The average Bonchev–Trinajstić information content (AvgIpc) is 2.19. The molecule has 14 heavy (non-hydrogen) atoms. The highest BCUT2D eigenvalue weighted by molar-refractivity contribution is 6.31.